The monoisotopic (exact) mass is 275 g/mol. The Morgan fingerprint density at radius 2 is 2.00 bits per heavy atom. The van der Waals surface area contributed by atoms with Gasteiger partial charge < -0.3 is 0 Å². The van der Waals surface area contributed by atoms with Crippen LogP contribution in [0.25, 0.3) is 11.4 Å². The van der Waals surface area contributed by atoms with Gasteiger partial charge in [0.15, 0.2) is 5.82 Å². The van der Waals surface area contributed by atoms with Crippen molar-refractivity contribution in [3.63, 3.8) is 0 Å². The number of halogens is 1. The van der Waals surface area contributed by atoms with E-state index in [-0.39, 0.29) is 5.82 Å². The molecule has 4 heteroatoms. The maximum Gasteiger partial charge on any atom is 0.151 e. The molecule has 2 aromatic rings. The van der Waals surface area contributed by atoms with Crippen molar-refractivity contribution in [2.24, 2.45) is 0 Å². The molecule has 0 saturated heterocycles. The van der Waals surface area contributed by atoms with E-state index < -0.39 is 0 Å². The highest BCUT2D eigenvalue weighted by Crippen LogP contribution is 2.30. The first-order valence-corrected chi connectivity index (χ1v) is 7.28. The maximum atomic E-state index is 14.4. The predicted octanol–water partition coefficient (Wildman–Crippen LogP) is 4.18. The van der Waals surface area contributed by atoms with Gasteiger partial charge in [-0.1, -0.05) is 27.2 Å². The van der Waals surface area contributed by atoms with Gasteiger partial charge in [0.2, 0.25) is 0 Å². The van der Waals surface area contributed by atoms with Crippen molar-refractivity contribution in [1.29, 1.82) is 0 Å². The Morgan fingerprint density at radius 3 is 2.55 bits per heavy atom. The van der Waals surface area contributed by atoms with Crippen LogP contribution in [0.5, 0.6) is 0 Å². The number of rotatable bonds is 5. The van der Waals surface area contributed by atoms with E-state index in [9.17, 15) is 4.39 Å². The fourth-order valence-corrected chi connectivity index (χ4v) is 2.40. The summed E-state index contributed by atoms with van der Waals surface area (Å²) in [6, 6.07) is 1.60. The molecular weight excluding hydrogens is 253 g/mol. The molecule has 0 bridgehead atoms. The molecule has 0 spiro atoms. The van der Waals surface area contributed by atoms with Crippen LogP contribution in [0.3, 0.4) is 0 Å². The molecule has 0 aliphatic rings. The highest BCUT2D eigenvalue weighted by molar-refractivity contribution is 5.61. The number of pyridine rings is 1. The lowest BCUT2D eigenvalue weighted by Crippen LogP contribution is -2.04. The molecule has 0 aromatic carbocycles. The van der Waals surface area contributed by atoms with Gasteiger partial charge in [-0.2, -0.15) is 5.10 Å². The number of aromatic nitrogens is 3. The minimum atomic E-state index is -0.256. The Morgan fingerprint density at radius 1 is 1.25 bits per heavy atom. The van der Waals surface area contributed by atoms with Crippen molar-refractivity contribution in [3.05, 3.63) is 35.4 Å². The van der Waals surface area contributed by atoms with Gasteiger partial charge in [0.1, 0.15) is 5.69 Å². The van der Waals surface area contributed by atoms with Gasteiger partial charge in [0.25, 0.3) is 0 Å². The summed E-state index contributed by atoms with van der Waals surface area (Å²) in [7, 11) is 0. The van der Waals surface area contributed by atoms with Crippen molar-refractivity contribution in [3.8, 4) is 11.4 Å². The standard InChI is InChI=1S/C16H22FN3/c1-5-7-12-8-14(17)15(18-9-12)16-13(11(3)4)10-19-20(16)6-2/h8-11H,5-7H2,1-4H3. The Hall–Kier alpha value is -1.71. The quantitative estimate of drug-likeness (QED) is 0.819. The third kappa shape index (κ3) is 2.74. The van der Waals surface area contributed by atoms with Crippen LogP contribution in [0.1, 0.15) is 51.2 Å². The summed E-state index contributed by atoms with van der Waals surface area (Å²) in [4.78, 5) is 4.36. The lowest BCUT2D eigenvalue weighted by molar-refractivity contribution is 0.611. The molecule has 20 heavy (non-hydrogen) atoms. The fourth-order valence-electron chi connectivity index (χ4n) is 2.40. The highest BCUT2D eigenvalue weighted by Gasteiger charge is 2.19. The van der Waals surface area contributed by atoms with E-state index in [1.807, 2.05) is 17.8 Å². The second kappa shape index (κ2) is 6.16. The van der Waals surface area contributed by atoms with Crippen molar-refractivity contribution in [2.45, 2.75) is 53.0 Å². The predicted molar refractivity (Wildman–Crippen MR) is 79.2 cm³/mol. The molecule has 0 aliphatic carbocycles. The maximum absolute atomic E-state index is 14.4. The Bertz CT molecular complexity index is 587. The lowest BCUT2D eigenvalue weighted by atomic mass is 10.0. The minimum Gasteiger partial charge on any atom is -0.263 e. The Labute approximate surface area is 119 Å². The summed E-state index contributed by atoms with van der Waals surface area (Å²) in [6.07, 6.45) is 5.45. The van der Waals surface area contributed by atoms with Crippen LogP contribution in [0.4, 0.5) is 4.39 Å². The van der Waals surface area contributed by atoms with E-state index >= 15 is 0 Å². The highest BCUT2D eigenvalue weighted by atomic mass is 19.1. The summed E-state index contributed by atoms with van der Waals surface area (Å²) in [5.41, 5.74) is 3.21. The average molecular weight is 275 g/mol. The van der Waals surface area contributed by atoms with Gasteiger partial charge in [-0.05, 0) is 30.9 Å². The minimum absolute atomic E-state index is 0.256. The summed E-state index contributed by atoms with van der Waals surface area (Å²) in [6.45, 7) is 8.96. The van der Waals surface area contributed by atoms with Crippen molar-refractivity contribution < 1.29 is 4.39 Å². The van der Waals surface area contributed by atoms with Crippen LogP contribution >= 0.6 is 0 Å². The molecule has 0 aliphatic heterocycles. The van der Waals surface area contributed by atoms with Crippen LogP contribution in [-0.2, 0) is 13.0 Å². The average Bonchev–Trinajstić information content (AvgIpc) is 2.83. The number of hydrogen-bond donors (Lipinski definition) is 0. The molecule has 2 rings (SSSR count). The van der Waals surface area contributed by atoms with E-state index in [4.69, 9.17) is 0 Å². The van der Waals surface area contributed by atoms with Crippen molar-refractivity contribution >= 4 is 0 Å². The van der Waals surface area contributed by atoms with Gasteiger partial charge in [-0.15, -0.1) is 0 Å². The molecule has 0 saturated carbocycles. The third-order valence-electron chi connectivity index (χ3n) is 3.45. The van der Waals surface area contributed by atoms with E-state index in [0.29, 0.717) is 18.2 Å². The Kier molecular flexibility index (Phi) is 4.53. The second-order valence-electron chi connectivity index (χ2n) is 5.34. The normalized spacial score (nSPS) is 11.3. The van der Waals surface area contributed by atoms with Gasteiger partial charge in [-0.25, -0.2) is 4.39 Å². The first-order chi connectivity index (χ1) is 9.58. The molecule has 2 aromatic heterocycles. The zero-order chi connectivity index (χ0) is 14.7. The van der Waals surface area contributed by atoms with Gasteiger partial charge in [0.05, 0.1) is 11.9 Å². The van der Waals surface area contributed by atoms with Crippen LogP contribution < -0.4 is 0 Å². The Balaban J connectivity index is 2.53. The van der Waals surface area contributed by atoms with Crippen LogP contribution in [0.15, 0.2) is 18.5 Å². The van der Waals surface area contributed by atoms with Crippen molar-refractivity contribution in [2.75, 3.05) is 0 Å². The van der Waals surface area contributed by atoms with E-state index in [1.165, 1.54) is 0 Å². The van der Waals surface area contributed by atoms with Crippen LogP contribution in [-0.4, -0.2) is 14.8 Å². The first kappa shape index (κ1) is 14.7. The first-order valence-electron chi connectivity index (χ1n) is 7.28. The molecular formula is C16H22FN3. The third-order valence-corrected chi connectivity index (χ3v) is 3.45. The largest absolute Gasteiger partial charge is 0.263 e. The molecule has 0 atom stereocenters. The lowest BCUT2D eigenvalue weighted by Gasteiger charge is -2.11. The van der Waals surface area contributed by atoms with Gasteiger partial charge >= 0.3 is 0 Å². The zero-order valence-corrected chi connectivity index (χ0v) is 12.7. The molecule has 0 radical (unpaired) electrons. The number of aryl methyl sites for hydroxylation is 2. The molecule has 2 heterocycles. The van der Waals surface area contributed by atoms with Crippen LogP contribution in [0.2, 0.25) is 0 Å². The van der Waals surface area contributed by atoms with E-state index in [2.05, 4.69) is 30.9 Å². The zero-order valence-electron chi connectivity index (χ0n) is 12.7. The SMILES string of the molecule is CCCc1cnc(-c2c(C(C)C)cnn2CC)c(F)c1. The summed E-state index contributed by atoms with van der Waals surface area (Å²) >= 11 is 0. The van der Waals surface area contributed by atoms with Crippen molar-refractivity contribution in [1.82, 2.24) is 14.8 Å². The molecule has 0 amide bonds. The molecule has 0 N–H and O–H groups in total. The van der Waals surface area contributed by atoms with Gasteiger partial charge in [0, 0.05) is 18.3 Å². The van der Waals surface area contributed by atoms with E-state index in [0.717, 1.165) is 29.7 Å². The number of nitrogens with zero attached hydrogens (tertiary/aromatic N) is 3. The smallest absolute Gasteiger partial charge is 0.151 e. The summed E-state index contributed by atoms with van der Waals surface area (Å²) < 4.78 is 16.2. The number of hydrogen-bond acceptors (Lipinski definition) is 2. The fraction of sp³-hybridized carbons (Fsp3) is 0.500. The molecule has 0 fully saturated rings. The molecule has 108 valence electrons. The van der Waals surface area contributed by atoms with Gasteiger partial charge in [-0.3, -0.25) is 9.67 Å². The van der Waals surface area contributed by atoms with E-state index in [1.54, 1.807) is 12.3 Å². The summed E-state index contributed by atoms with van der Waals surface area (Å²) in [5.74, 6) is 0.0369. The second-order valence-corrected chi connectivity index (χ2v) is 5.34. The topological polar surface area (TPSA) is 30.7 Å². The molecule has 3 nitrogen and oxygen atoms in total. The summed E-state index contributed by atoms with van der Waals surface area (Å²) in [5, 5.41) is 4.34. The van der Waals surface area contributed by atoms with Crippen LogP contribution in [0, 0.1) is 5.82 Å². The molecule has 0 unspecified atom stereocenters.